The van der Waals surface area contributed by atoms with Crippen LogP contribution in [0.5, 0.6) is 0 Å². The first-order chi connectivity index (χ1) is 4.74. The van der Waals surface area contributed by atoms with Gasteiger partial charge >= 0.3 is 6.09 Å². The van der Waals surface area contributed by atoms with Gasteiger partial charge in [-0.2, -0.15) is 0 Å². The van der Waals surface area contributed by atoms with Crippen LogP contribution in [0.1, 0.15) is 6.42 Å². The lowest BCUT2D eigenvalue weighted by Gasteiger charge is -2.11. The molecule has 1 heterocycles. The summed E-state index contributed by atoms with van der Waals surface area (Å²) < 4.78 is 4.35. The molecule has 0 atom stereocenters. The summed E-state index contributed by atoms with van der Waals surface area (Å²) in [5, 5.41) is 1.14. The van der Waals surface area contributed by atoms with Crippen molar-refractivity contribution in [3.63, 3.8) is 0 Å². The summed E-state index contributed by atoms with van der Waals surface area (Å²) in [5.74, 6) is -0.148. The molecule has 0 radical (unpaired) electrons. The average molecular weight is 144 g/mol. The van der Waals surface area contributed by atoms with Gasteiger partial charge in [-0.05, 0) is 0 Å². The second-order valence-corrected chi connectivity index (χ2v) is 1.91. The first kappa shape index (κ1) is 6.85. The van der Waals surface area contributed by atoms with Crippen LogP contribution in [0, 0.1) is 0 Å². The third kappa shape index (κ3) is 1.18. The molecule has 1 N–H and O–H groups in total. The SMILES string of the molecule is COC(=O)N1CCC(=O)N1. The fourth-order valence-electron chi connectivity index (χ4n) is 0.723. The molecule has 0 spiro atoms. The highest BCUT2D eigenvalue weighted by molar-refractivity contribution is 5.82. The minimum Gasteiger partial charge on any atom is -0.452 e. The number of hydrogen-bond donors (Lipinski definition) is 1. The molecule has 0 aromatic rings. The number of nitrogens with zero attached hydrogens (tertiary/aromatic N) is 1. The summed E-state index contributed by atoms with van der Waals surface area (Å²) in [7, 11) is 1.27. The molecule has 5 heteroatoms. The lowest BCUT2D eigenvalue weighted by molar-refractivity contribution is -0.120. The number of methoxy groups -OCH3 is 1. The highest BCUT2D eigenvalue weighted by atomic mass is 16.5. The van der Waals surface area contributed by atoms with Crippen LogP contribution in [0.2, 0.25) is 0 Å². The lowest BCUT2D eigenvalue weighted by Crippen LogP contribution is -2.38. The van der Waals surface area contributed by atoms with Crippen molar-refractivity contribution in [3.8, 4) is 0 Å². The van der Waals surface area contributed by atoms with E-state index in [-0.39, 0.29) is 5.91 Å². The minimum absolute atomic E-state index is 0.148. The van der Waals surface area contributed by atoms with Crippen LogP contribution in [0.3, 0.4) is 0 Å². The molecule has 0 aromatic carbocycles. The van der Waals surface area contributed by atoms with Gasteiger partial charge in [0.25, 0.3) is 0 Å². The normalized spacial score (nSPS) is 16.9. The Bertz CT molecular complexity index is 168. The van der Waals surface area contributed by atoms with Crippen molar-refractivity contribution in [2.24, 2.45) is 0 Å². The largest absolute Gasteiger partial charge is 0.452 e. The molecular formula is C5H8N2O3. The molecule has 0 aliphatic carbocycles. The topological polar surface area (TPSA) is 58.6 Å². The molecule has 5 nitrogen and oxygen atoms in total. The summed E-state index contributed by atoms with van der Waals surface area (Å²) in [4.78, 5) is 21.2. The van der Waals surface area contributed by atoms with E-state index in [9.17, 15) is 9.59 Å². The Morgan fingerprint density at radius 1 is 1.80 bits per heavy atom. The number of nitrogens with one attached hydrogen (secondary N) is 1. The van der Waals surface area contributed by atoms with Gasteiger partial charge in [0.1, 0.15) is 0 Å². The van der Waals surface area contributed by atoms with Crippen molar-refractivity contribution in [1.29, 1.82) is 0 Å². The van der Waals surface area contributed by atoms with E-state index >= 15 is 0 Å². The Morgan fingerprint density at radius 3 is 2.90 bits per heavy atom. The number of ether oxygens (including phenoxy) is 1. The zero-order chi connectivity index (χ0) is 7.56. The zero-order valence-corrected chi connectivity index (χ0v) is 5.59. The number of carbonyl (C=O) groups is 2. The van der Waals surface area contributed by atoms with Crippen molar-refractivity contribution in [3.05, 3.63) is 0 Å². The molecule has 0 bridgehead atoms. The molecule has 0 aromatic heterocycles. The van der Waals surface area contributed by atoms with E-state index in [4.69, 9.17) is 0 Å². The molecule has 1 saturated heterocycles. The highest BCUT2D eigenvalue weighted by Crippen LogP contribution is 1.98. The summed E-state index contributed by atoms with van der Waals surface area (Å²) >= 11 is 0. The molecule has 2 amide bonds. The third-order valence-corrected chi connectivity index (χ3v) is 1.22. The summed E-state index contributed by atoms with van der Waals surface area (Å²) in [6.07, 6.45) is -0.166. The first-order valence-electron chi connectivity index (χ1n) is 2.89. The lowest BCUT2D eigenvalue weighted by atomic mass is 10.4. The summed E-state index contributed by atoms with van der Waals surface area (Å²) in [6.45, 7) is 0.394. The van der Waals surface area contributed by atoms with Crippen molar-refractivity contribution < 1.29 is 14.3 Å². The number of carbonyl (C=O) groups excluding carboxylic acids is 2. The molecular weight excluding hydrogens is 136 g/mol. The smallest absolute Gasteiger partial charge is 0.428 e. The van der Waals surface area contributed by atoms with Gasteiger partial charge in [0.05, 0.1) is 13.7 Å². The third-order valence-electron chi connectivity index (χ3n) is 1.22. The van der Waals surface area contributed by atoms with Gasteiger partial charge in [-0.1, -0.05) is 0 Å². The van der Waals surface area contributed by atoms with Gasteiger partial charge in [0, 0.05) is 6.42 Å². The number of hydrazine groups is 1. The zero-order valence-electron chi connectivity index (χ0n) is 5.59. The van der Waals surface area contributed by atoms with Crippen LogP contribution in [0.25, 0.3) is 0 Å². The van der Waals surface area contributed by atoms with E-state index in [1.807, 2.05) is 0 Å². The van der Waals surface area contributed by atoms with Gasteiger partial charge in [-0.25, -0.2) is 9.80 Å². The maximum absolute atomic E-state index is 10.6. The molecule has 0 unspecified atom stereocenters. The van der Waals surface area contributed by atoms with Gasteiger partial charge in [0.15, 0.2) is 0 Å². The second-order valence-electron chi connectivity index (χ2n) is 1.91. The van der Waals surface area contributed by atoms with E-state index in [2.05, 4.69) is 10.2 Å². The highest BCUT2D eigenvalue weighted by Gasteiger charge is 2.23. The molecule has 0 saturated carbocycles. The fourth-order valence-corrected chi connectivity index (χ4v) is 0.723. The average Bonchev–Trinajstić information content (AvgIpc) is 2.34. The Balaban J connectivity index is 2.44. The van der Waals surface area contributed by atoms with Crippen LogP contribution in [0.15, 0.2) is 0 Å². The Morgan fingerprint density at radius 2 is 2.50 bits per heavy atom. The molecule has 1 rings (SSSR count). The van der Waals surface area contributed by atoms with Crippen LogP contribution < -0.4 is 5.43 Å². The van der Waals surface area contributed by atoms with Gasteiger partial charge in [0.2, 0.25) is 5.91 Å². The molecule has 10 heavy (non-hydrogen) atoms. The van der Waals surface area contributed by atoms with Crippen LogP contribution in [-0.2, 0) is 9.53 Å². The van der Waals surface area contributed by atoms with Crippen LogP contribution >= 0.6 is 0 Å². The molecule has 56 valence electrons. The Hall–Kier alpha value is -1.26. The monoisotopic (exact) mass is 144 g/mol. The summed E-state index contributed by atoms with van der Waals surface area (Å²) in [5.41, 5.74) is 2.32. The van der Waals surface area contributed by atoms with Crippen LogP contribution in [0.4, 0.5) is 4.79 Å². The molecule has 1 aliphatic rings. The van der Waals surface area contributed by atoms with E-state index in [0.29, 0.717) is 13.0 Å². The van der Waals surface area contributed by atoms with Gasteiger partial charge < -0.3 is 4.74 Å². The van der Waals surface area contributed by atoms with Gasteiger partial charge in [-0.15, -0.1) is 0 Å². The number of hydrogen-bond acceptors (Lipinski definition) is 3. The predicted molar refractivity (Wildman–Crippen MR) is 31.9 cm³/mol. The van der Waals surface area contributed by atoms with Crippen molar-refractivity contribution >= 4 is 12.0 Å². The number of amides is 2. The first-order valence-corrected chi connectivity index (χ1v) is 2.89. The maximum atomic E-state index is 10.6. The minimum atomic E-state index is -0.522. The standard InChI is InChI=1S/C5H8N2O3/c1-10-5(9)7-3-2-4(8)6-7/h2-3H2,1H3,(H,6,8). The van der Waals surface area contributed by atoms with Crippen molar-refractivity contribution in [1.82, 2.24) is 10.4 Å². The quantitative estimate of drug-likeness (QED) is 0.498. The molecule has 1 fully saturated rings. The number of rotatable bonds is 0. The maximum Gasteiger partial charge on any atom is 0.428 e. The Labute approximate surface area is 57.9 Å². The fraction of sp³-hybridized carbons (Fsp3) is 0.600. The Kier molecular flexibility index (Phi) is 1.75. The van der Waals surface area contributed by atoms with Crippen molar-refractivity contribution in [2.75, 3.05) is 13.7 Å². The van der Waals surface area contributed by atoms with Gasteiger partial charge in [-0.3, -0.25) is 10.2 Å². The summed E-state index contributed by atoms with van der Waals surface area (Å²) in [6, 6.07) is 0. The van der Waals surface area contributed by atoms with Crippen molar-refractivity contribution in [2.45, 2.75) is 6.42 Å². The van der Waals surface area contributed by atoms with E-state index < -0.39 is 6.09 Å². The van der Waals surface area contributed by atoms with E-state index in [0.717, 1.165) is 5.01 Å². The van der Waals surface area contributed by atoms with E-state index in [1.165, 1.54) is 7.11 Å². The predicted octanol–water partition coefficient (Wildman–Crippen LogP) is -0.510. The second kappa shape index (κ2) is 2.55. The van der Waals surface area contributed by atoms with E-state index in [1.54, 1.807) is 0 Å². The van der Waals surface area contributed by atoms with Crippen LogP contribution in [-0.4, -0.2) is 30.7 Å². The molecule has 1 aliphatic heterocycles.